The Bertz CT molecular complexity index is 342. The van der Waals surface area contributed by atoms with Crippen LogP contribution in [0.25, 0.3) is 0 Å². The highest BCUT2D eigenvalue weighted by Gasteiger charge is 1.96. The van der Waals surface area contributed by atoms with Crippen LogP contribution in [0.5, 0.6) is 0 Å². The summed E-state index contributed by atoms with van der Waals surface area (Å²) in [4.78, 5) is 0. The van der Waals surface area contributed by atoms with Crippen LogP contribution >= 0.6 is 11.6 Å². The van der Waals surface area contributed by atoms with Gasteiger partial charge in [-0.15, -0.1) is 0 Å². The molecule has 0 spiro atoms. The van der Waals surface area contributed by atoms with Crippen LogP contribution in [0, 0.1) is 18.3 Å². The van der Waals surface area contributed by atoms with Crippen molar-refractivity contribution in [2.75, 3.05) is 11.9 Å². The molecule has 0 atom stereocenters. The van der Waals surface area contributed by atoms with Crippen molar-refractivity contribution in [1.82, 2.24) is 0 Å². The molecule has 14 heavy (non-hydrogen) atoms. The van der Waals surface area contributed by atoms with E-state index in [-0.39, 0.29) is 0 Å². The minimum absolute atomic E-state index is 0.590. The average Bonchev–Trinajstić information content (AvgIpc) is 2.18. The maximum absolute atomic E-state index is 8.35. The lowest BCUT2D eigenvalue weighted by atomic mass is 10.2. The van der Waals surface area contributed by atoms with E-state index < -0.39 is 0 Å². The van der Waals surface area contributed by atoms with E-state index >= 15 is 0 Å². The number of nitriles is 1. The van der Waals surface area contributed by atoms with E-state index in [1.165, 1.54) is 0 Å². The van der Waals surface area contributed by atoms with Crippen molar-refractivity contribution in [1.29, 1.82) is 5.26 Å². The number of anilines is 1. The number of aryl methyl sites for hydroxylation is 1. The summed E-state index contributed by atoms with van der Waals surface area (Å²) in [6, 6.07) is 7.99. The molecule has 0 heterocycles. The lowest BCUT2D eigenvalue weighted by Crippen LogP contribution is -2.00. The van der Waals surface area contributed by atoms with Gasteiger partial charge in [0.05, 0.1) is 6.07 Å². The summed E-state index contributed by atoms with van der Waals surface area (Å²) in [5.41, 5.74) is 2.09. The van der Waals surface area contributed by atoms with E-state index in [4.69, 9.17) is 16.9 Å². The largest absolute Gasteiger partial charge is 0.385 e. The number of nitrogens with one attached hydrogen (secondary N) is 1. The first kappa shape index (κ1) is 10.9. The lowest BCUT2D eigenvalue weighted by Gasteiger charge is -2.06. The number of benzene rings is 1. The second-order valence-electron chi connectivity index (χ2n) is 3.15. The molecular formula is C11H13ClN2. The number of halogens is 1. The molecule has 0 amide bonds. The van der Waals surface area contributed by atoms with Gasteiger partial charge in [-0.05, 0) is 31.0 Å². The van der Waals surface area contributed by atoms with Gasteiger partial charge in [0, 0.05) is 23.7 Å². The van der Waals surface area contributed by atoms with E-state index in [9.17, 15) is 0 Å². The van der Waals surface area contributed by atoms with Crippen molar-refractivity contribution < 1.29 is 0 Å². The van der Waals surface area contributed by atoms with E-state index in [0.717, 1.165) is 29.2 Å². The van der Waals surface area contributed by atoms with E-state index in [1.807, 2.05) is 25.1 Å². The molecule has 1 N–H and O–H groups in total. The topological polar surface area (TPSA) is 35.8 Å². The molecule has 3 heteroatoms. The smallest absolute Gasteiger partial charge is 0.0622 e. The van der Waals surface area contributed by atoms with Gasteiger partial charge in [0.25, 0.3) is 0 Å². The van der Waals surface area contributed by atoms with Crippen molar-refractivity contribution in [3.63, 3.8) is 0 Å². The number of nitrogens with zero attached hydrogens (tertiary/aromatic N) is 1. The Hall–Kier alpha value is -1.20. The predicted octanol–water partition coefficient (Wildman–Crippen LogP) is 3.36. The lowest BCUT2D eigenvalue weighted by molar-refractivity contribution is 0.897. The molecule has 0 aromatic heterocycles. The van der Waals surface area contributed by atoms with Crippen LogP contribution in [0.3, 0.4) is 0 Å². The van der Waals surface area contributed by atoms with E-state index in [0.29, 0.717) is 6.42 Å². The highest BCUT2D eigenvalue weighted by atomic mass is 35.5. The third-order valence-corrected chi connectivity index (χ3v) is 2.37. The van der Waals surface area contributed by atoms with Crippen LogP contribution in [0.2, 0.25) is 5.02 Å². The molecule has 1 rings (SSSR count). The predicted molar refractivity (Wildman–Crippen MR) is 59.5 cm³/mol. The van der Waals surface area contributed by atoms with Crippen LogP contribution < -0.4 is 5.32 Å². The molecule has 1 aromatic rings. The molecule has 0 fully saturated rings. The fourth-order valence-corrected chi connectivity index (χ4v) is 1.28. The van der Waals surface area contributed by atoms with Crippen LogP contribution in [0.15, 0.2) is 18.2 Å². The Balaban J connectivity index is 2.44. The fourth-order valence-electron chi connectivity index (χ4n) is 1.10. The second kappa shape index (κ2) is 5.51. The SMILES string of the molecule is Cc1ccc(NCCCC#N)cc1Cl. The number of hydrogen-bond donors (Lipinski definition) is 1. The molecule has 1 aromatic carbocycles. The fraction of sp³-hybridized carbons (Fsp3) is 0.364. The van der Waals surface area contributed by atoms with Gasteiger partial charge in [-0.25, -0.2) is 0 Å². The van der Waals surface area contributed by atoms with Gasteiger partial charge in [-0.2, -0.15) is 5.26 Å². The molecule has 0 bridgehead atoms. The van der Waals surface area contributed by atoms with Crippen LogP contribution in [0.4, 0.5) is 5.69 Å². The monoisotopic (exact) mass is 208 g/mol. The zero-order valence-electron chi connectivity index (χ0n) is 8.18. The van der Waals surface area contributed by atoms with Gasteiger partial charge in [-0.3, -0.25) is 0 Å². The Kier molecular flexibility index (Phi) is 4.28. The molecule has 0 aliphatic rings. The Morgan fingerprint density at radius 3 is 2.93 bits per heavy atom. The van der Waals surface area contributed by atoms with Gasteiger partial charge in [0.2, 0.25) is 0 Å². The van der Waals surface area contributed by atoms with Crippen LogP contribution in [-0.4, -0.2) is 6.54 Å². The number of rotatable bonds is 4. The Morgan fingerprint density at radius 2 is 2.29 bits per heavy atom. The van der Waals surface area contributed by atoms with Crippen molar-refractivity contribution in [3.8, 4) is 6.07 Å². The molecule has 0 aliphatic heterocycles. The molecule has 74 valence electrons. The zero-order valence-corrected chi connectivity index (χ0v) is 8.93. The van der Waals surface area contributed by atoms with E-state index in [1.54, 1.807) is 0 Å². The Labute approximate surface area is 89.5 Å². The molecule has 0 unspecified atom stereocenters. The maximum Gasteiger partial charge on any atom is 0.0622 e. The third kappa shape index (κ3) is 3.27. The van der Waals surface area contributed by atoms with Gasteiger partial charge in [0.15, 0.2) is 0 Å². The quantitative estimate of drug-likeness (QED) is 0.771. The molecule has 0 saturated carbocycles. The van der Waals surface area contributed by atoms with Gasteiger partial charge < -0.3 is 5.32 Å². The molecule has 2 nitrogen and oxygen atoms in total. The summed E-state index contributed by atoms with van der Waals surface area (Å²) in [5, 5.41) is 12.3. The van der Waals surface area contributed by atoms with Crippen molar-refractivity contribution in [3.05, 3.63) is 28.8 Å². The Morgan fingerprint density at radius 1 is 1.50 bits per heavy atom. The maximum atomic E-state index is 8.35. The molecule has 0 radical (unpaired) electrons. The first-order valence-electron chi connectivity index (χ1n) is 4.61. The van der Waals surface area contributed by atoms with Crippen LogP contribution in [0.1, 0.15) is 18.4 Å². The average molecular weight is 209 g/mol. The number of unbranched alkanes of at least 4 members (excludes halogenated alkanes) is 1. The molecule has 0 aliphatic carbocycles. The normalized spacial score (nSPS) is 9.50. The second-order valence-corrected chi connectivity index (χ2v) is 3.56. The summed E-state index contributed by atoms with van der Waals surface area (Å²) < 4.78 is 0. The van der Waals surface area contributed by atoms with E-state index in [2.05, 4.69) is 11.4 Å². The van der Waals surface area contributed by atoms with Crippen LogP contribution in [-0.2, 0) is 0 Å². The summed E-state index contributed by atoms with van der Waals surface area (Å²) in [7, 11) is 0. The van der Waals surface area contributed by atoms with Crippen molar-refractivity contribution >= 4 is 17.3 Å². The zero-order chi connectivity index (χ0) is 10.4. The summed E-state index contributed by atoms with van der Waals surface area (Å²) >= 11 is 5.96. The summed E-state index contributed by atoms with van der Waals surface area (Å²) in [6.07, 6.45) is 1.45. The minimum atomic E-state index is 0.590. The van der Waals surface area contributed by atoms with Crippen molar-refractivity contribution in [2.45, 2.75) is 19.8 Å². The van der Waals surface area contributed by atoms with Crippen molar-refractivity contribution in [2.24, 2.45) is 0 Å². The minimum Gasteiger partial charge on any atom is -0.385 e. The highest BCUT2D eigenvalue weighted by molar-refractivity contribution is 6.31. The first-order valence-corrected chi connectivity index (χ1v) is 4.99. The number of hydrogen-bond acceptors (Lipinski definition) is 2. The molecule has 0 saturated heterocycles. The van der Waals surface area contributed by atoms with Gasteiger partial charge in [-0.1, -0.05) is 17.7 Å². The van der Waals surface area contributed by atoms with Gasteiger partial charge >= 0.3 is 0 Å². The standard InChI is InChI=1S/C11H13ClN2/c1-9-4-5-10(8-11(9)12)14-7-3-2-6-13/h4-5,8,14H,2-3,7H2,1H3. The molecular weight excluding hydrogens is 196 g/mol. The van der Waals surface area contributed by atoms with Gasteiger partial charge in [0.1, 0.15) is 0 Å². The first-order chi connectivity index (χ1) is 6.74. The third-order valence-electron chi connectivity index (χ3n) is 1.97. The summed E-state index contributed by atoms with van der Waals surface area (Å²) in [6.45, 7) is 2.79. The highest BCUT2D eigenvalue weighted by Crippen LogP contribution is 2.19. The summed E-state index contributed by atoms with van der Waals surface area (Å²) in [5.74, 6) is 0.